The molecule has 0 radical (unpaired) electrons. The van der Waals surface area contributed by atoms with Crippen molar-refractivity contribution in [1.82, 2.24) is 9.71 Å². The standard InChI is InChI=1S/C11H9N3O3S2/c12-5-8-1-3-10(4-2-8)19(16,17)13-6-9-7-18-11(15)14-9/h1-4,7,13H,6H2,(H,14,15). The summed E-state index contributed by atoms with van der Waals surface area (Å²) in [7, 11) is -3.65. The lowest BCUT2D eigenvalue weighted by molar-refractivity contribution is 0.580. The number of thiazole rings is 1. The molecule has 0 unspecified atom stereocenters. The molecule has 0 fully saturated rings. The molecule has 19 heavy (non-hydrogen) atoms. The van der Waals surface area contributed by atoms with E-state index in [1.54, 1.807) is 5.38 Å². The molecule has 0 aliphatic heterocycles. The van der Waals surface area contributed by atoms with E-state index in [1.165, 1.54) is 24.3 Å². The number of hydrogen-bond acceptors (Lipinski definition) is 5. The highest BCUT2D eigenvalue weighted by Crippen LogP contribution is 2.10. The van der Waals surface area contributed by atoms with Gasteiger partial charge < -0.3 is 4.98 Å². The Morgan fingerprint density at radius 1 is 1.32 bits per heavy atom. The summed E-state index contributed by atoms with van der Waals surface area (Å²) < 4.78 is 26.2. The maximum Gasteiger partial charge on any atom is 0.304 e. The first-order chi connectivity index (χ1) is 9.01. The highest BCUT2D eigenvalue weighted by molar-refractivity contribution is 7.89. The minimum absolute atomic E-state index is 0.0150. The third kappa shape index (κ3) is 3.29. The first-order valence-electron chi connectivity index (χ1n) is 5.18. The second kappa shape index (κ2) is 5.36. The Morgan fingerprint density at radius 2 is 2.00 bits per heavy atom. The molecule has 8 heteroatoms. The minimum Gasteiger partial charge on any atom is -0.315 e. The average Bonchev–Trinajstić information content (AvgIpc) is 2.82. The molecule has 0 aliphatic rings. The maximum absolute atomic E-state index is 11.9. The first kappa shape index (κ1) is 13.5. The number of nitriles is 1. The van der Waals surface area contributed by atoms with E-state index < -0.39 is 10.0 Å². The number of sulfonamides is 1. The van der Waals surface area contributed by atoms with Gasteiger partial charge in [-0.1, -0.05) is 11.3 Å². The van der Waals surface area contributed by atoms with Crippen LogP contribution in [0.4, 0.5) is 0 Å². The van der Waals surface area contributed by atoms with Crippen LogP contribution in [0.1, 0.15) is 11.3 Å². The number of rotatable bonds is 4. The van der Waals surface area contributed by atoms with Crippen LogP contribution in [0.3, 0.4) is 0 Å². The molecule has 0 saturated carbocycles. The SMILES string of the molecule is N#Cc1ccc(S(=O)(=O)NCc2csc(=O)[nH]2)cc1. The topological polar surface area (TPSA) is 103 Å². The second-order valence-corrected chi connectivity index (χ2v) is 6.24. The zero-order valence-corrected chi connectivity index (χ0v) is 11.2. The fraction of sp³-hybridized carbons (Fsp3) is 0.0909. The molecule has 6 nitrogen and oxygen atoms in total. The Kier molecular flexibility index (Phi) is 3.80. The lowest BCUT2D eigenvalue weighted by atomic mass is 10.2. The zero-order valence-electron chi connectivity index (χ0n) is 9.58. The summed E-state index contributed by atoms with van der Waals surface area (Å²) in [4.78, 5) is 13.3. The normalized spacial score (nSPS) is 11.1. The molecule has 0 saturated heterocycles. The van der Waals surface area contributed by atoms with Gasteiger partial charge in [0.15, 0.2) is 0 Å². The smallest absolute Gasteiger partial charge is 0.304 e. The van der Waals surface area contributed by atoms with Crippen LogP contribution in [0.5, 0.6) is 0 Å². The van der Waals surface area contributed by atoms with Crippen molar-refractivity contribution in [3.8, 4) is 6.07 Å². The minimum atomic E-state index is -3.65. The van der Waals surface area contributed by atoms with Gasteiger partial charge in [-0.2, -0.15) is 5.26 Å². The number of aromatic amines is 1. The molecule has 1 aromatic heterocycles. The Balaban J connectivity index is 2.13. The van der Waals surface area contributed by atoms with Gasteiger partial charge in [0.25, 0.3) is 0 Å². The van der Waals surface area contributed by atoms with E-state index in [4.69, 9.17) is 5.26 Å². The summed E-state index contributed by atoms with van der Waals surface area (Å²) in [6, 6.07) is 7.49. The zero-order chi connectivity index (χ0) is 13.9. The van der Waals surface area contributed by atoms with Crippen molar-refractivity contribution < 1.29 is 8.42 Å². The number of aromatic nitrogens is 1. The van der Waals surface area contributed by atoms with Crippen LogP contribution in [-0.4, -0.2) is 13.4 Å². The van der Waals surface area contributed by atoms with Crippen LogP contribution < -0.4 is 9.60 Å². The molecule has 1 heterocycles. The first-order valence-corrected chi connectivity index (χ1v) is 7.54. The fourth-order valence-electron chi connectivity index (χ4n) is 1.37. The van der Waals surface area contributed by atoms with Crippen LogP contribution in [0, 0.1) is 11.3 Å². The van der Waals surface area contributed by atoms with Gasteiger partial charge in [0.05, 0.1) is 23.1 Å². The molecule has 0 bridgehead atoms. The molecule has 1 aromatic carbocycles. The van der Waals surface area contributed by atoms with Crippen LogP contribution in [0.15, 0.2) is 39.3 Å². The summed E-state index contributed by atoms with van der Waals surface area (Å²) in [5, 5.41) is 10.2. The predicted molar refractivity (Wildman–Crippen MR) is 70.1 cm³/mol. The van der Waals surface area contributed by atoms with E-state index in [0.29, 0.717) is 11.3 Å². The molecule has 2 N–H and O–H groups in total. The number of hydrogen-bond donors (Lipinski definition) is 2. The number of benzene rings is 1. The molecule has 0 amide bonds. The lowest BCUT2D eigenvalue weighted by Gasteiger charge is -2.05. The van der Waals surface area contributed by atoms with Gasteiger partial charge >= 0.3 is 4.87 Å². The summed E-state index contributed by atoms with van der Waals surface area (Å²) in [6.07, 6.45) is 0. The van der Waals surface area contributed by atoms with Gasteiger partial charge in [0, 0.05) is 11.1 Å². The highest BCUT2D eigenvalue weighted by Gasteiger charge is 2.13. The van der Waals surface area contributed by atoms with Crippen molar-refractivity contribution >= 4 is 21.4 Å². The summed E-state index contributed by atoms with van der Waals surface area (Å²) in [5.74, 6) is 0. The van der Waals surface area contributed by atoms with Gasteiger partial charge in [0.2, 0.25) is 10.0 Å². The second-order valence-electron chi connectivity index (χ2n) is 3.63. The predicted octanol–water partition coefficient (Wildman–Crippen LogP) is 0.787. The van der Waals surface area contributed by atoms with Crippen molar-refractivity contribution in [3.63, 3.8) is 0 Å². The Morgan fingerprint density at radius 3 is 2.53 bits per heavy atom. The molecule has 2 rings (SSSR count). The average molecular weight is 295 g/mol. The number of H-pyrrole nitrogens is 1. The van der Waals surface area contributed by atoms with E-state index in [0.717, 1.165) is 11.3 Å². The quantitative estimate of drug-likeness (QED) is 0.870. The van der Waals surface area contributed by atoms with Crippen LogP contribution in [-0.2, 0) is 16.6 Å². The lowest BCUT2D eigenvalue weighted by Crippen LogP contribution is -2.23. The van der Waals surface area contributed by atoms with Crippen molar-refractivity contribution in [2.45, 2.75) is 11.4 Å². The van der Waals surface area contributed by atoms with Crippen LogP contribution in [0.25, 0.3) is 0 Å². The molecule has 0 atom stereocenters. The van der Waals surface area contributed by atoms with E-state index in [-0.39, 0.29) is 16.3 Å². The van der Waals surface area contributed by atoms with Gasteiger partial charge in [0.1, 0.15) is 0 Å². The van der Waals surface area contributed by atoms with E-state index >= 15 is 0 Å². The van der Waals surface area contributed by atoms with E-state index in [2.05, 4.69) is 9.71 Å². The van der Waals surface area contributed by atoms with Gasteiger partial charge in [-0.15, -0.1) is 0 Å². The number of nitrogens with one attached hydrogen (secondary N) is 2. The molecule has 98 valence electrons. The van der Waals surface area contributed by atoms with E-state index in [1.807, 2.05) is 6.07 Å². The molecule has 0 aliphatic carbocycles. The van der Waals surface area contributed by atoms with E-state index in [9.17, 15) is 13.2 Å². The molecular formula is C11H9N3O3S2. The van der Waals surface area contributed by atoms with Gasteiger partial charge in [-0.05, 0) is 24.3 Å². The third-order valence-corrected chi connectivity index (χ3v) is 4.45. The van der Waals surface area contributed by atoms with Crippen LogP contribution >= 0.6 is 11.3 Å². The van der Waals surface area contributed by atoms with Gasteiger partial charge in [-0.3, -0.25) is 4.79 Å². The third-order valence-electron chi connectivity index (χ3n) is 2.32. The molecule has 2 aromatic rings. The maximum atomic E-state index is 11.9. The number of nitrogens with zero attached hydrogens (tertiary/aromatic N) is 1. The Labute approximate surface area is 113 Å². The molecular weight excluding hydrogens is 286 g/mol. The fourth-order valence-corrected chi connectivity index (χ4v) is 2.95. The summed E-state index contributed by atoms with van der Waals surface area (Å²) in [6.45, 7) is 0.0150. The Hall–Kier alpha value is -1.95. The largest absolute Gasteiger partial charge is 0.315 e. The Bertz CT molecular complexity index is 767. The summed E-state index contributed by atoms with van der Waals surface area (Å²) in [5.41, 5.74) is 0.897. The van der Waals surface area contributed by atoms with Crippen molar-refractivity contribution in [1.29, 1.82) is 5.26 Å². The van der Waals surface area contributed by atoms with Crippen molar-refractivity contribution in [2.24, 2.45) is 0 Å². The highest BCUT2D eigenvalue weighted by atomic mass is 32.2. The van der Waals surface area contributed by atoms with Crippen molar-refractivity contribution in [3.05, 3.63) is 50.6 Å². The van der Waals surface area contributed by atoms with Gasteiger partial charge in [-0.25, -0.2) is 13.1 Å². The van der Waals surface area contributed by atoms with Crippen molar-refractivity contribution in [2.75, 3.05) is 0 Å². The summed E-state index contributed by atoms with van der Waals surface area (Å²) >= 11 is 0.974. The monoisotopic (exact) mass is 295 g/mol. The van der Waals surface area contributed by atoms with Crippen LogP contribution in [0.2, 0.25) is 0 Å². The molecule has 0 spiro atoms.